The fourth-order valence-corrected chi connectivity index (χ4v) is 5.51. The van der Waals surface area contributed by atoms with Gasteiger partial charge < -0.3 is 19.1 Å². The molecule has 0 unspecified atom stereocenters. The van der Waals surface area contributed by atoms with Crippen LogP contribution in [-0.4, -0.2) is 51.9 Å². The number of carbonyl (C=O) groups excluding carboxylic acids is 2. The highest BCUT2D eigenvalue weighted by atomic mass is 35.5. The molecule has 1 heterocycles. The molecule has 0 spiro atoms. The van der Waals surface area contributed by atoms with Gasteiger partial charge in [0.2, 0.25) is 5.91 Å². The number of benzene rings is 2. The van der Waals surface area contributed by atoms with Gasteiger partial charge in [0.15, 0.2) is 6.61 Å². The largest absolute Gasteiger partial charge is 0.484 e. The molecule has 1 aliphatic rings. The first-order valence-electron chi connectivity index (χ1n) is 14.8. The average Bonchev–Trinajstić information content (AvgIpc) is 3.43. The maximum absolute atomic E-state index is 14.0. The van der Waals surface area contributed by atoms with Crippen molar-refractivity contribution in [1.82, 2.24) is 14.4 Å². The van der Waals surface area contributed by atoms with Crippen molar-refractivity contribution in [3.63, 3.8) is 0 Å². The van der Waals surface area contributed by atoms with Crippen LogP contribution in [0.3, 0.4) is 0 Å². The maximum Gasteiger partial charge on any atom is 0.260 e. The zero-order valence-electron chi connectivity index (χ0n) is 23.9. The summed E-state index contributed by atoms with van der Waals surface area (Å²) in [5, 5.41) is 0.599. The number of hydrogen-bond acceptors (Lipinski definition) is 3. The summed E-state index contributed by atoms with van der Waals surface area (Å²) >= 11 is 5.97. The molecule has 6 nitrogen and oxygen atoms in total. The van der Waals surface area contributed by atoms with Gasteiger partial charge in [0.25, 0.3) is 5.91 Å². The Balaban J connectivity index is 1.47. The molecule has 8 heteroatoms. The van der Waals surface area contributed by atoms with Crippen molar-refractivity contribution in [1.29, 1.82) is 0 Å². The number of ether oxygens (including phenoxy) is 1. The van der Waals surface area contributed by atoms with E-state index < -0.39 is 0 Å². The summed E-state index contributed by atoms with van der Waals surface area (Å²) in [5.74, 6) is 0.0657. The monoisotopic (exact) mass is 581 g/mol. The highest BCUT2D eigenvalue weighted by Gasteiger charge is 2.29. The van der Waals surface area contributed by atoms with E-state index >= 15 is 0 Å². The summed E-state index contributed by atoms with van der Waals surface area (Å²) < 4.78 is 21.3. The molecule has 1 fully saturated rings. The number of aromatic nitrogens is 1. The Morgan fingerprint density at radius 2 is 1.71 bits per heavy atom. The number of halogens is 2. The first-order chi connectivity index (χ1) is 19.9. The Bertz CT molecular complexity index is 1240. The molecule has 1 aromatic heterocycles. The van der Waals surface area contributed by atoms with E-state index in [4.69, 9.17) is 16.3 Å². The summed E-state index contributed by atoms with van der Waals surface area (Å²) in [6.07, 6.45) is 10.1. The van der Waals surface area contributed by atoms with Gasteiger partial charge >= 0.3 is 0 Å². The Morgan fingerprint density at radius 1 is 0.976 bits per heavy atom. The van der Waals surface area contributed by atoms with Gasteiger partial charge in [-0.1, -0.05) is 62.8 Å². The van der Waals surface area contributed by atoms with Gasteiger partial charge in [-0.3, -0.25) is 9.59 Å². The van der Waals surface area contributed by atoms with Crippen LogP contribution in [-0.2, 0) is 22.7 Å². The minimum absolute atomic E-state index is 0.0295. The van der Waals surface area contributed by atoms with E-state index in [-0.39, 0.29) is 36.8 Å². The molecule has 0 aliphatic heterocycles. The lowest BCUT2D eigenvalue weighted by molar-refractivity contribution is -0.144. The number of carbonyl (C=O) groups is 2. The number of amides is 2. The first kappa shape index (κ1) is 30.6. The van der Waals surface area contributed by atoms with E-state index in [0.717, 1.165) is 56.2 Å². The van der Waals surface area contributed by atoms with Crippen molar-refractivity contribution in [3.8, 4) is 5.75 Å². The molecule has 3 aromatic rings. The molecule has 0 N–H and O–H groups in total. The minimum atomic E-state index is -0.257. The van der Waals surface area contributed by atoms with Crippen molar-refractivity contribution in [2.75, 3.05) is 19.7 Å². The fraction of sp³-hybridized carbons (Fsp3) is 0.455. The van der Waals surface area contributed by atoms with E-state index in [1.54, 1.807) is 41.3 Å². The highest BCUT2D eigenvalue weighted by Crippen LogP contribution is 2.25. The van der Waals surface area contributed by atoms with Crippen LogP contribution in [0.2, 0.25) is 5.02 Å². The van der Waals surface area contributed by atoms with Crippen molar-refractivity contribution >= 4 is 23.4 Å². The quantitative estimate of drug-likeness (QED) is 0.191. The number of nitrogens with zero attached hydrogens (tertiary/aromatic N) is 3. The Morgan fingerprint density at radius 3 is 2.41 bits per heavy atom. The zero-order valence-corrected chi connectivity index (χ0v) is 24.7. The van der Waals surface area contributed by atoms with E-state index in [1.165, 1.54) is 18.6 Å². The van der Waals surface area contributed by atoms with Gasteiger partial charge in [-0.25, -0.2) is 4.39 Å². The van der Waals surface area contributed by atoms with Crippen LogP contribution in [0.25, 0.3) is 0 Å². The van der Waals surface area contributed by atoms with Crippen LogP contribution in [0.15, 0.2) is 66.9 Å². The minimum Gasteiger partial charge on any atom is -0.484 e. The molecule has 1 saturated carbocycles. The van der Waals surface area contributed by atoms with Crippen molar-refractivity contribution in [2.24, 2.45) is 0 Å². The van der Waals surface area contributed by atoms with Gasteiger partial charge in [-0.2, -0.15) is 0 Å². The van der Waals surface area contributed by atoms with Crippen LogP contribution < -0.4 is 4.74 Å². The molecule has 1 aliphatic carbocycles. The average molecular weight is 582 g/mol. The SMILES string of the molecule is CCCCCN(CC(=O)N(Cc1cccn1Cc1ccc(F)cc1)C1CCCCC1)C(=O)COc1ccc(Cl)cc1. The van der Waals surface area contributed by atoms with Gasteiger partial charge in [-0.15, -0.1) is 0 Å². The number of rotatable bonds is 14. The standard InChI is InChI=1S/C33H41ClFN3O3/c1-2-3-7-20-37(33(40)25-41-31-18-14-27(34)15-19-31)24-32(39)38(29-9-5-4-6-10-29)23-30-11-8-21-36(30)22-26-12-16-28(35)17-13-26/h8,11-19,21,29H,2-7,9-10,20,22-25H2,1H3. The van der Waals surface area contributed by atoms with Gasteiger partial charge in [0, 0.05) is 36.0 Å². The molecule has 0 bridgehead atoms. The van der Waals surface area contributed by atoms with Gasteiger partial charge in [0.1, 0.15) is 11.6 Å². The van der Waals surface area contributed by atoms with E-state index in [1.807, 2.05) is 23.2 Å². The lowest BCUT2D eigenvalue weighted by atomic mass is 9.94. The van der Waals surface area contributed by atoms with Crippen LogP contribution in [0.4, 0.5) is 4.39 Å². The Hall–Kier alpha value is -3.32. The second kappa shape index (κ2) is 15.6. The second-order valence-electron chi connectivity index (χ2n) is 10.8. The Kier molecular flexibility index (Phi) is 11.7. The predicted octanol–water partition coefficient (Wildman–Crippen LogP) is 7.09. The smallest absolute Gasteiger partial charge is 0.260 e. The van der Waals surface area contributed by atoms with Crippen LogP contribution in [0.5, 0.6) is 5.75 Å². The second-order valence-corrected chi connectivity index (χ2v) is 11.3. The van der Waals surface area contributed by atoms with Crippen molar-refractivity contribution in [2.45, 2.75) is 77.4 Å². The van der Waals surface area contributed by atoms with Crippen LogP contribution in [0, 0.1) is 5.82 Å². The number of hydrogen-bond donors (Lipinski definition) is 0. The Labute approximate surface area is 248 Å². The molecule has 220 valence electrons. The van der Waals surface area contributed by atoms with Crippen LogP contribution >= 0.6 is 11.6 Å². The maximum atomic E-state index is 14.0. The lowest BCUT2D eigenvalue weighted by Gasteiger charge is -2.36. The third kappa shape index (κ3) is 9.35. The van der Waals surface area contributed by atoms with E-state index in [2.05, 4.69) is 11.5 Å². The summed E-state index contributed by atoms with van der Waals surface area (Å²) in [6, 6.07) is 17.6. The molecule has 41 heavy (non-hydrogen) atoms. The van der Waals surface area contributed by atoms with Gasteiger partial charge in [0.05, 0.1) is 13.1 Å². The summed E-state index contributed by atoms with van der Waals surface area (Å²) in [7, 11) is 0. The predicted molar refractivity (Wildman–Crippen MR) is 160 cm³/mol. The molecule has 4 rings (SSSR count). The van der Waals surface area contributed by atoms with E-state index in [9.17, 15) is 14.0 Å². The lowest BCUT2D eigenvalue weighted by Crippen LogP contribution is -2.48. The summed E-state index contributed by atoms with van der Waals surface area (Å²) in [6.45, 7) is 3.59. The zero-order chi connectivity index (χ0) is 29.0. The molecular weight excluding hydrogens is 541 g/mol. The van der Waals surface area contributed by atoms with Crippen molar-refractivity contribution in [3.05, 3.63) is 89.0 Å². The van der Waals surface area contributed by atoms with Crippen LogP contribution in [0.1, 0.15) is 69.5 Å². The molecular formula is C33H41ClFN3O3. The molecule has 2 aromatic carbocycles. The number of unbranched alkanes of at least 4 members (excludes halogenated alkanes) is 2. The summed E-state index contributed by atoms with van der Waals surface area (Å²) in [4.78, 5) is 30.9. The molecule has 0 saturated heterocycles. The summed E-state index contributed by atoms with van der Waals surface area (Å²) in [5.41, 5.74) is 2.01. The fourth-order valence-electron chi connectivity index (χ4n) is 5.39. The third-order valence-corrected chi connectivity index (χ3v) is 8.00. The molecule has 0 radical (unpaired) electrons. The van der Waals surface area contributed by atoms with Crippen molar-refractivity contribution < 1.29 is 18.7 Å². The normalized spacial score (nSPS) is 13.6. The highest BCUT2D eigenvalue weighted by molar-refractivity contribution is 6.30. The molecule has 2 amide bonds. The van der Waals surface area contributed by atoms with E-state index in [0.29, 0.717) is 30.4 Å². The van der Waals surface area contributed by atoms with Gasteiger partial charge in [-0.05, 0) is 73.4 Å². The third-order valence-electron chi connectivity index (χ3n) is 7.74. The topological polar surface area (TPSA) is 54.8 Å². The molecule has 0 atom stereocenters. The first-order valence-corrected chi connectivity index (χ1v) is 15.1.